The van der Waals surface area contributed by atoms with Crippen molar-refractivity contribution in [3.05, 3.63) is 66.6 Å². The molecule has 0 aliphatic carbocycles. The number of benzene rings is 1. The van der Waals surface area contributed by atoms with Gasteiger partial charge in [0.1, 0.15) is 5.69 Å². The normalized spacial score (nSPS) is 11.0. The van der Waals surface area contributed by atoms with E-state index in [9.17, 15) is 4.79 Å². The Morgan fingerprint density at radius 1 is 0.967 bits per heavy atom. The molecule has 0 aliphatic heterocycles. The molecule has 1 aromatic carbocycles. The van der Waals surface area contributed by atoms with Crippen molar-refractivity contribution in [3.63, 3.8) is 0 Å². The smallest absolute Gasteiger partial charge is 0.234 e. The Kier molecular flexibility index (Phi) is 5.94. The topological polar surface area (TPSA) is 94.1 Å². The third-order valence-corrected chi connectivity index (χ3v) is 5.21. The van der Waals surface area contributed by atoms with Crippen LogP contribution in [-0.4, -0.2) is 26.8 Å². The van der Waals surface area contributed by atoms with Gasteiger partial charge in [-0.2, -0.15) is 0 Å². The Labute approximate surface area is 177 Å². The number of amides is 1. The van der Waals surface area contributed by atoms with Crippen LogP contribution in [0.15, 0.2) is 75.0 Å². The molecule has 1 N–H and O–H groups in total. The summed E-state index contributed by atoms with van der Waals surface area (Å²) >= 11 is 1.20. The monoisotopic (exact) mass is 420 g/mol. The predicted octanol–water partition coefficient (Wildman–Crippen LogP) is 5.25. The van der Waals surface area contributed by atoms with Crippen LogP contribution in [0.1, 0.15) is 25.3 Å². The van der Waals surface area contributed by atoms with Crippen LogP contribution in [0.5, 0.6) is 0 Å². The molecule has 1 amide bonds. The van der Waals surface area contributed by atoms with Gasteiger partial charge in [0.15, 0.2) is 17.2 Å². The summed E-state index contributed by atoms with van der Waals surface area (Å²) in [7, 11) is 0. The van der Waals surface area contributed by atoms with Crippen LogP contribution >= 0.6 is 11.8 Å². The fourth-order valence-electron chi connectivity index (χ4n) is 2.82. The molecule has 3 aromatic heterocycles. The highest BCUT2D eigenvalue weighted by atomic mass is 32.2. The molecular formula is C22H20N4O3S. The molecule has 0 saturated heterocycles. The number of furan rings is 2. The zero-order valence-electron chi connectivity index (χ0n) is 16.5. The summed E-state index contributed by atoms with van der Waals surface area (Å²) in [5.74, 6) is 1.55. The maximum absolute atomic E-state index is 12.3. The van der Waals surface area contributed by atoms with E-state index in [0.717, 1.165) is 5.69 Å². The lowest BCUT2D eigenvalue weighted by Gasteiger charge is -2.08. The van der Waals surface area contributed by atoms with Crippen LogP contribution in [0.2, 0.25) is 0 Å². The predicted molar refractivity (Wildman–Crippen MR) is 115 cm³/mol. The average molecular weight is 420 g/mol. The number of thioether (sulfide) groups is 1. The molecule has 0 unspecified atom stereocenters. The highest BCUT2D eigenvalue weighted by Gasteiger charge is 2.18. The van der Waals surface area contributed by atoms with Crippen LogP contribution in [0.25, 0.3) is 22.9 Å². The van der Waals surface area contributed by atoms with Crippen LogP contribution in [0.4, 0.5) is 5.69 Å². The molecular weight excluding hydrogens is 400 g/mol. The number of nitrogens with zero attached hydrogens (tertiary/aromatic N) is 3. The van der Waals surface area contributed by atoms with Gasteiger partial charge >= 0.3 is 0 Å². The molecule has 0 atom stereocenters. The Bertz CT molecular complexity index is 1110. The van der Waals surface area contributed by atoms with E-state index in [2.05, 4.69) is 34.3 Å². The van der Waals surface area contributed by atoms with E-state index in [1.807, 2.05) is 24.3 Å². The van der Waals surface area contributed by atoms with Gasteiger partial charge in [0.25, 0.3) is 0 Å². The van der Waals surface area contributed by atoms with E-state index in [1.54, 1.807) is 36.8 Å². The van der Waals surface area contributed by atoms with Crippen molar-refractivity contribution >= 4 is 23.4 Å². The van der Waals surface area contributed by atoms with Gasteiger partial charge in [-0.25, -0.2) is 4.98 Å². The second kappa shape index (κ2) is 8.96. The number of rotatable bonds is 7. The van der Waals surface area contributed by atoms with Gasteiger partial charge in [-0.05, 0) is 47.9 Å². The summed E-state index contributed by atoms with van der Waals surface area (Å²) < 4.78 is 10.9. The zero-order valence-corrected chi connectivity index (χ0v) is 17.3. The summed E-state index contributed by atoms with van der Waals surface area (Å²) in [6.07, 6.45) is 3.12. The summed E-state index contributed by atoms with van der Waals surface area (Å²) in [4.78, 5) is 16.9. The molecule has 3 heterocycles. The van der Waals surface area contributed by atoms with Crippen LogP contribution in [-0.2, 0) is 4.79 Å². The lowest BCUT2D eigenvalue weighted by molar-refractivity contribution is -0.113. The molecule has 0 radical (unpaired) electrons. The molecule has 0 bridgehead atoms. The Hall–Kier alpha value is -3.39. The fraction of sp³-hybridized carbons (Fsp3) is 0.182. The van der Waals surface area contributed by atoms with Gasteiger partial charge in [0.2, 0.25) is 11.1 Å². The second-order valence-corrected chi connectivity index (χ2v) is 7.80. The van der Waals surface area contributed by atoms with Crippen molar-refractivity contribution in [2.45, 2.75) is 24.9 Å². The van der Waals surface area contributed by atoms with Crippen LogP contribution in [0.3, 0.4) is 0 Å². The first kappa shape index (κ1) is 19.9. The van der Waals surface area contributed by atoms with Gasteiger partial charge in [-0.3, -0.25) is 4.79 Å². The second-order valence-electron chi connectivity index (χ2n) is 6.86. The lowest BCUT2D eigenvalue weighted by Crippen LogP contribution is -2.14. The third kappa shape index (κ3) is 4.60. The number of anilines is 1. The summed E-state index contributed by atoms with van der Waals surface area (Å²) in [6, 6.07) is 15.0. The maximum Gasteiger partial charge on any atom is 0.234 e. The Morgan fingerprint density at radius 2 is 1.63 bits per heavy atom. The van der Waals surface area contributed by atoms with Crippen molar-refractivity contribution in [3.8, 4) is 22.9 Å². The first-order valence-electron chi connectivity index (χ1n) is 9.45. The molecule has 152 valence electrons. The van der Waals surface area contributed by atoms with E-state index in [-0.39, 0.29) is 11.7 Å². The minimum Gasteiger partial charge on any atom is -0.463 e. The highest BCUT2D eigenvalue weighted by Crippen LogP contribution is 2.30. The van der Waals surface area contributed by atoms with Gasteiger partial charge in [0, 0.05) is 5.69 Å². The number of aromatic nitrogens is 3. The number of nitrogens with one attached hydrogen (secondary N) is 1. The number of carbonyl (C=O) groups is 1. The van der Waals surface area contributed by atoms with Gasteiger partial charge < -0.3 is 14.2 Å². The molecule has 0 aliphatic rings. The Morgan fingerprint density at radius 3 is 2.23 bits per heavy atom. The van der Waals surface area contributed by atoms with Crippen molar-refractivity contribution in [2.75, 3.05) is 11.1 Å². The standard InChI is InChI=1S/C22H20N4O3S/c1-14(2)15-7-9-16(10-8-15)23-19(27)13-30-22-24-20(17-5-3-11-28-17)21(25-26-22)18-6-4-12-29-18/h3-12,14H,13H2,1-2H3,(H,23,27). The van der Waals surface area contributed by atoms with Crippen molar-refractivity contribution in [1.82, 2.24) is 15.2 Å². The number of carbonyl (C=O) groups excluding carboxylic acids is 1. The van der Waals surface area contributed by atoms with Crippen molar-refractivity contribution in [2.24, 2.45) is 0 Å². The van der Waals surface area contributed by atoms with Gasteiger partial charge in [0.05, 0.1) is 18.3 Å². The lowest BCUT2D eigenvalue weighted by atomic mass is 10.0. The quantitative estimate of drug-likeness (QED) is 0.408. The van der Waals surface area contributed by atoms with Gasteiger partial charge in [-0.1, -0.05) is 37.7 Å². The molecule has 0 saturated carbocycles. The highest BCUT2D eigenvalue weighted by molar-refractivity contribution is 7.99. The van der Waals surface area contributed by atoms with Gasteiger partial charge in [-0.15, -0.1) is 10.2 Å². The molecule has 30 heavy (non-hydrogen) atoms. The zero-order chi connectivity index (χ0) is 20.9. The number of hydrogen-bond acceptors (Lipinski definition) is 7. The molecule has 0 fully saturated rings. The number of hydrogen-bond donors (Lipinski definition) is 1. The van der Waals surface area contributed by atoms with E-state index in [1.165, 1.54) is 17.3 Å². The molecule has 8 heteroatoms. The van der Waals surface area contributed by atoms with Crippen LogP contribution < -0.4 is 5.32 Å². The molecule has 4 aromatic rings. The molecule has 0 spiro atoms. The van der Waals surface area contributed by atoms with Crippen molar-refractivity contribution in [1.29, 1.82) is 0 Å². The van der Waals surface area contributed by atoms with E-state index in [4.69, 9.17) is 8.83 Å². The van der Waals surface area contributed by atoms with Crippen LogP contribution in [0, 0.1) is 0 Å². The minimum atomic E-state index is -0.143. The van der Waals surface area contributed by atoms with E-state index in [0.29, 0.717) is 34.0 Å². The summed E-state index contributed by atoms with van der Waals surface area (Å²) in [5.41, 5.74) is 2.98. The minimum absolute atomic E-state index is 0.143. The van der Waals surface area contributed by atoms with E-state index >= 15 is 0 Å². The average Bonchev–Trinajstić information content (AvgIpc) is 3.47. The summed E-state index contributed by atoms with van der Waals surface area (Å²) in [6.45, 7) is 4.26. The largest absolute Gasteiger partial charge is 0.463 e. The first-order valence-corrected chi connectivity index (χ1v) is 10.4. The maximum atomic E-state index is 12.3. The van der Waals surface area contributed by atoms with Crippen molar-refractivity contribution < 1.29 is 13.6 Å². The first-order chi connectivity index (χ1) is 14.6. The fourth-order valence-corrected chi connectivity index (χ4v) is 3.40. The molecule has 7 nitrogen and oxygen atoms in total. The van der Waals surface area contributed by atoms with E-state index < -0.39 is 0 Å². The Balaban J connectivity index is 1.45. The third-order valence-electron chi connectivity index (χ3n) is 4.37. The summed E-state index contributed by atoms with van der Waals surface area (Å²) in [5, 5.41) is 11.6. The SMILES string of the molecule is CC(C)c1ccc(NC(=O)CSc2nnc(-c3ccco3)c(-c3ccco3)n2)cc1. The molecule has 4 rings (SSSR count).